The Balaban J connectivity index is 1.90. The van der Waals surface area contributed by atoms with Crippen LogP contribution in [-0.4, -0.2) is 76.7 Å². The third-order valence-corrected chi connectivity index (χ3v) is 6.37. The molecule has 2 aliphatic rings. The number of benzene rings is 1. The summed E-state index contributed by atoms with van der Waals surface area (Å²) in [7, 11) is 0. The average molecular weight is 503 g/mol. The molecule has 4 amide bonds. The van der Waals surface area contributed by atoms with E-state index in [0.29, 0.717) is 31.7 Å². The number of fused-ring (bicyclic) bond motifs is 1. The first-order valence-corrected chi connectivity index (χ1v) is 12.6. The lowest BCUT2D eigenvalue weighted by Gasteiger charge is -2.52. The van der Waals surface area contributed by atoms with Crippen molar-refractivity contribution in [2.45, 2.75) is 71.7 Å². The molecule has 0 aromatic heterocycles. The van der Waals surface area contributed by atoms with Crippen molar-refractivity contribution in [1.29, 1.82) is 0 Å². The number of nitrogens with zero attached hydrogens (tertiary/aromatic N) is 3. The summed E-state index contributed by atoms with van der Waals surface area (Å²) >= 11 is 0. The Kier molecular flexibility index (Phi) is 9.31. The Labute approximate surface area is 212 Å². The first-order chi connectivity index (χ1) is 17.1. The van der Waals surface area contributed by atoms with E-state index in [-0.39, 0.29) is 25.0 Å². The van der Waals surface area contributed by atoms with Crippen molar-refractivity contribution in [3.05, 3.63) is 35.9 Å². The summed E-state index contributed by atoms with van der Waals surface area (Å²) in [5.74, 6) is -1.01. The summed E-state index contributed by atoms with van der Waals surface area (Å²) in [5, 5.41) is 1.02. The second-order valence-electron chi connectivity index (χ2n) is 10.3. The van der Waals surface area contributed by atoms with Gasteiger partial charge in [-0.3, -0.25) is 19.2 Å². The third kappa shape index (κ3) is 6.75. The van der Waals surface area contributed by atoms with E-state index in [1.54, 1.807) is 4.90 Å². The SMILES string of the molecule is CC(C)CCOC(=O)N1O[C@H](CC(N)=O)C(=O)N2C1CN(CCc1ccccc1)C(=O)[C@@H]2CC(C)C. The lowest BCUT2D eigenvalue weighted by molar-refractivity contribution is -0.267. The first-order valence-electron chi connectivity index (χ1n) is 12.6. The lowest BCUT2D eigenvalue weighted by Crippen LogP contribution is -2.73. The molecule has 0 radical (unpaired) electrons. The minimum absolute atomic E-state index is 0.0780. The van der Waals surface area contributed by atoms with Crippen LogP contribution in [0.25, 0.3) is 0 Å². The monoisotopic (exact) mass is 502 g/mol. The highest BCUT2D eigenvalue weighted by Gasteiger charge is 2.53. The predicted molar refractivity (Wildman–Crippen MR) is 132 cm³/mol. The Hall–Kier alpha value is -3.14. The largest absolute Gasteiger partial charge is 0.448 e. The molecule has 0 spiro atoms. The summed E-state index contributed by atoms with van der Waals surface area (Å²) in [6.07, 6.45) is -1.63. The number of rotatable bonds is 10. The molecule has 0 saturated carbocycles. The van der Waals surface area contributed by atoms with Gasteiger partial charge in [0.05, 0.1) is 19.6 Å². The van der Waals surface area contributed by atoms with Gasteiger partial charge in [0.25, 0.3) is 5.91 Å². The maximum atomic E-state index is 13.6. The summed E-state index contributed by atoms with van der Waals surface area (Å²) in [5.41, 5.74) is 6.43. The fraction of sp³-hybridized carbons (Fsp3) is 0.615. The Morgan fingerprint density at radius 2 is 1.78 bits per heavy atom. The van der Waals surface area contributed by atoms with E-state index in [1.807, 2.05) is 58.0 Å². The van der Waals surface area contributed by atoms with Gasteiger partial charge in [-0.25, -0.2) is 4.79 Å². The molecule has 10 heteroatoms. The Morgan fingerprint density at radius 3 is 2.39 bits per heavy atom. The zero-order valence-electron chi connectivity index (χ0n) is 21.6. The maximum absolute atomic E-state index is 13.6. The third-order valence-electron chi connectivity index (χ3n) is 6.37. The molecule has 3 atom stereocenters. The van der Waals surface area contributed by atoms with Gasteiger partial charge in [0.2, 0.25) is 11.8 Å². The van der Waals surface area contributed by atoms with Crippen molar-refractivity contribution in [3.63, 3.8) is 0 Å². The normalized spacial score (nSPS) is 22.3. The topological polar surface area (TPSA) is 122 Å². The van der Waals surface area contributed by atoms with Gasteiger partial charge in [0.15, 0.2) is 12.3 Å². The number of ether oxygens (including phenoxy) is 1. The van der Waals surface area contributed by atoms with E-state index < -0.39 is 42.6 Å². The van der Waals surface area contributed by atoms with Gasteiger partial charge >= 0.3 is 6.09 Å². The number of piperazine rings is 1. The summed E-state index contributed by atoms with van der Waals surface area (Å²) < 4.78 is 5.44. The maximum Gasteiger partial charge on any atom is 0.436 e. The van der Waals surface area contributed by atoms with Crippen molar-refractivity contribution in [2.24, 2.45) is 17.6 Å². The van der Waals surface area contributed by atoms with Crippen molar-refractivity contribution in [2.75, 3.05) is 19.7 Å². The molecule has 2 fully saturated rings. The number of nitrogens with two attached hydrogens (primary N) is 1. The molecule has 2 aliphatic heterocycles. The van der Waals surface area contributed by atoms with Crippen LogP contribution in [0.15, 0.2) is 30.3 Å². The number of hydrogen-bond donors (Lipinski definition) is 1. The van der Waals surface area contributed by atoms with Crippen LogP contribution >= 0.6 is 0 Å². The molecule has 0 aliphatic carbocycles. The standard InChI is InChI=1S/C26H38N4O6/c1-17(2)11-13-35-26(34)30-23-16-28(12-10-19-8-6-5-7-9-19)24(32)20(14-18(3)4)29(23)25(33)21(36-30)15-22(27)31/h5-9,17-18,20-21,23H,10-16H2,1-4H3,(H2,27,31)/t20-,21+,23?/m0/s1. The van der Waals surface area contributed by atoms with Gasteiger partial charge in [0.1, 0.15) is 6.04 Å². The van der Waals surface area contributed by atoms with Gasteiger partial charge < -0.3 is 20.3 Å². The molecule has 10 nitrogen and oxygen atoms in total. The number of carbonyl (C=O) groups is 4. The van der Waals surface area contributed by atoms with Crippen LogP contribution in [0.5, 0.6) is 0 Å². The average Bonchev–Trinajstić information content (AvgIpc) is 2.81. The highest BCUT2D eigenvalue weighted by molar-refractivity contribution is 5.94. The highest BCUT2D eigenvalue weighted by atomic mass is 16.7. The number of carbonyl (C=O) groups excluding carboxylic acids is 4. The van der Waals surface area contributed by atoms with Gasteiger partial charge in [0, 0.05) is 6.54 Å². The van der Waals surface area contributed by atoms with E-state index in [1.165, 1.54) is 4.90 Å². The van der Waals surface area contributed by atoms with Crippen LogP contribution < -0.4 is 5.73 Å². The van der Waals surface area contributed by atoms with E-state index in [9.17, 15) is 19.2 Å². The molecule has 36 heavy (non-hydrogen) atoms. The summed E-state index contributed by atoms with van der Waals surface area (Å²) in [6, 6.07) is 9.01. The van der Waals surface area contributed by atoms with Gasteiger partial charge in [-0.05, 0) is 36.7 Å². The van der Waals surface area contributed by atoms with Gasteiger partial charge in [-0.2, -0.15) is 5.06 Å². The van der Waals surface area contributed by atoms with Crippen LogP contribution in [0.1, 0.15) is 52.5 Å². The fourth-order valence-corrected chi connectivity index (χ4v) is 4.51. The smallest absolute Gasteiger partial charge is 0.436 e. The van der Waals surface area contributed by atoms with Crippen LogP contribution in [0.4, 0.5) is 4.79 Å². The minimum atomic E-state index is -1.30. The van der Waals surface area contributed by atoms with Crippen molar-refractivity contribution >= 4 is 23.8 Å². The van der Waals surface area contributed by atoms with Crippen LogP contribution in [0.2, 0.25) is 0 Å². The molecule has 2 saturated heterocycles. The number of hydrogen-bond acceptors (Lipinski definition) is 6. The molecule has 0 bridgehead atoms. The zero-order valence-corrected chi connectivity index (χ0v) is 21.6. The zero-order chi connectivity index (χ0) is 26.4. The summed E-state index contributed by atoms with van der Waals surface area (Å²) in [6.45, 7) is 8.66. The lowest BCUT2D eigenvalue weighted by atomic mass is 9.96. The van der Waals surface area contributed by atoms with Crippen LogP contribution in [-0.2, 0) is 30.4 Å². The van der Waals surface area contributed by atoms with Crippen LogP contribution in [0.3, 0.4) is 0 Å². The van der Waals surface area contributed by atoms with Gasteiger partial charge in [-0.1, -0.05) is 58.0 Å². The van der Waals surface area contributed by atoms with E-state index >= 15 is 0 Å². The van der Waals surface area contributed by atoms with E-state index in [0.717, 1.165) is 10.6 Å². The molecule has 3 rings (SSSR count). The van der Waals surface area contributed by atoms with E-state index in [4.69, 9.17) is 15.3 Å². The number of hydroxylamine groups is 2. The highest BCUT2D eigenvalue weighted by Crippen LogP contribution is 2.31. The molecule has 2 heterocycles. The van der Waals surface area contributed by atoms with Crippen molar-refractivity contribution < 1.29 is 28.8 Å². The Morgan fingerprint density at radius 1 is 1.08 bits per heavy atom. The van der Waals surface area contributed by atoms with E-state index in [2.05, 4.69) is 0 Å². The van der Waals surface area contributed by atoms with Crippen molar-refractivity contribution in [1.82, 2.24) is 14.9 Å². The summed E-state index contributed by atoms with van der Waals surface area (Å²) in [4.78, 5) is 60.6. The molecular formula is C26H38N4O6. The molecule has 1 aromatic carbocycles. The second-order valence-corrected chi connectivity index (χ2v) is 10.3. The quantitative estimate of drug-likeness (QED) is 0.524. The first kappa shape index (κ1) is 27.4. The van der Waals surface area contributed by atoms with Crippen molar-refractivity contribution in [3.8, 4) is 0 Å². The number of primary amides is 1. The molecule has 1 aromatic rings. The van der Waals surface area contributed by atoms with Crippen LogP contribution in [0, 0.1) is 11.8 Å². The number of amides is 4. The molecule has 198 valence electrons. The molecule has 2 N–H and O–H groups in total. The fourth-order valence-electron chi connectivity index (χ4n) is 4.51. The molecule has 1 unspecified atom stereocenters. The second kappa shape index (κ2) is 12.2. The Bertz CT molecular complexity index is 938. The minimum Gasteiger partial charge on any atom is -0.448 e. The predicted octanol–water partition coefficient (Wildman–Crippen LogP) is 2.31. The van der Waals surface area contributed by atoms with Gasteiger partial charge in [-0.15, -0.1) is 0 Å². The molecular weight excluding hydrogens is 464 g/mol.